The summed E-state index contributed by atoms with van der Waals surface area (Å²) in [5.41, 5.74) is 1.14. The first kappa shape index (κ1) is 16.4. The van der Waals surface area contributed by atoms with Gasteiger partial charge in [-0.05, 0) is 37.0 Å². The number of rotatable bonds is 5. The van der Waals surface area contributed by atoms with Gasteiger partial charge in [0.15, 0.2) is 0 Å². The molecule has 0 spiro atoms. The molecule has 0 aliphatic heterocycles. The SMILES string of the molecule is O=C(O)c1ccc(CCNC(=O)C2CCC(F)(F)CC2)cc1. The van der Waals surface area contributed by atoms with Gasteiger partial charge in [0.2, 0.25) is 11.8 Å². The second kappa shape index (κ2) is 6.85. The molecule has 4 nitrogen and oxygen atoms in total. The van der Waals surface area contributed by atoms with E-state index in [9.17, 15) is 18.4 Å². The average Bonchev–Trinajstić information content (AvgIpc) is 2.47. The molecule has 2 N–H and O–H groups in total. The quantitative estimate of drug-likeness (QED) is 0.878. The molecule has 22 heavy (non-hydrogen) atoms. The zero-order chi connectivity index (χ0) is 16.2. The van der Waals surface area contributed by atoms with E-state index in [-0.39, 0.29) is 43.1 Å². The first-order chi connectivity index (χ1) is 10.4. The molecule has 0 atom stereocenters. The molecule has 1 fully saturated rings. The lowest BCUT2D eigenvalue weighted by molar-refractivity contribution is -0.129. The van der Waals surface area contributed by atoms with Crippen molar-refractivity contribution in [3.05, 3.63) is 35.4 Å². The third-order valence-electron chi connectivity index (χ3n) is 4.00. The number of benzene rings is 1. The molecule has 1 saturated carbocycles. The highest BCUT2D eigenvalue weighted by molar-refractivity contribution is 5.87. The molecule has 1 aliphatic rings. The fourth-order valence-electron chi connectivity index (χ4n) is 2.59. The maximum atomic E-state index is 13.0. The molecular formula is C16H19F2NO3. The molecule has 2 rings (SSSR count). The Bertz CT molecular complexity index is 533. The van der Waals surface area contributed by atoms with Crippen LogP contribution in [0.2, 0.25) is 0 Å². The van der Waals surface area contributed by atoms with Crippen molar-refractivity contribution in [2.75, 3.05) is 6.54 Å². The molecule has 1 aromatic rings. The van der Waals surface area contributed by atoms with Crippen LogP contribution in [0, 0.1) is 5.92 Å². The second-order valence-electron chi connectivity index (χ2n) is 5.67. The largest absolute Gasteiger partial charge is 0.478 e. The van der Waals surface area contributed by atoms with Crippen molar-refractivity contribution in [1.29, 1.82) is 0 Å². The van der Waals surface area contributed by atoms with Gasteiger partial charge < -0.3 is 10.4 Å². The van der Waals surface area contributed by atoms with Gasteiger partial charge in [0.1, 0.15) is 0 Å². The Morgan fingerprint density at radius 1 is 1.18 bits per heavy atom. The van der Waals surface area contributed by atoms with Crippen LogP contribution in [-0.4, -0.2) is 29.5 Å². The van der Waals surface area contributed by atoms with Crippen LogP contribution in [0.1, 0.15) is 41.6 Å². The Balaban J connectivity index is 1.74. The lowest BCUT2D eigenvalue weighted by atomic mass is 9.86. The smallest absolute Gasteiger partial charge is 0.335 e. The molecule has 0 saturated heterocycles. The highest BCUT2D eigenvalue weighted by Crippen LogP contribution is 2.36. The molecule has 0 unspecified atom stereocenters. The summed E-state index contributed by atoms with van der Waals surface area (Å²) >= 11 is 0. The van der Waals surface area contributed by atoms with Crippen LogP contribution in [0.25, 0.3) is 0 Å². The maximum absolute atomic E-state index is 13.0. The summed E-state index contributed by atoms with van der Waals surface area (Å²) in [5.74, 6) is -4.09. The number of alkyl halides is 2. The fourth-order valence-corrected chi connectivity index (χ4v) is 2.59. The third kappa shape index (κ3) is 4.51. The number of carbonyl (C=O) groups excluding carboxylic acids is 1. The van der Waals surface area contributed by atoms with E-state index < -0.39 is 11.9 Å². The van der Waals surface area contributed by atoms with Gasteiger partial charge in [-0.15, -0.1) is 0 Å². The van der Waals surface area contributed by atoms with E-state index in [1.807, 2.05) is 0 Å². The molecule has 6 heteroatoms. The number of hydrogen-bond acceptors (Lipinski definition) is 2. The van der Waals surface area contributed by atoms with Crippen molar-refractivity contribution in [3.8, 4) is 0 Å². The summed E-state index contributed by atoms with van der Waals surface area (Å²) in [6.45, 7) is 0.415. The topological polar surface area (TPSA) is 66.4 Å². The maximum Gasteiger partial charge on any atom is 0.335 e. The Labute approximate surface area is 127 Å². The minimum Gasteiger partial charge on any atom is -0.478 e. The van der Waals surface area contributed by atoms with Crippen molar-refractivity contribution in [2.45, 2.75) is 38.0 Å². The minimum absolute atomic E-state index is 0.169. The molecule has 0 aromatic heterocycles. The Morgan fingerprint density at radius 2 is 1.77 bits per heavy atom. The van der Waals surface area contributed by atoms with Crippen molar-refractivity contribution in [2.24, 2.45) is 5.92 Å². The zero-order valence-electron chi connectivity index (χ0n) is 12.1. The van der Waals surface area contributed by atoms with Gasteiger partial charge >= 0.3 is 5.97 Å². The van der Waals surface area contributed by atoms with Gasteiger partial charge in [0.25, 0.3) is 0 Å². The highest BCUT2D eigenvalue weighted by atomic mass is 19.3. The monoisotopic (exact) mass is 311 g/mol. The first-order valence-electron chi connectivity index (χ1n) is 7.35. The molecule has 1 aliphatic carbocycles. The van der Waals surface area contributed by atoms with Crippen LogP contribution in [0.4, 0.5) is 8.78 Å². The second-order valence-corrected chi connectivity index (χ2v) is 5.67. The number of carbonyl (C=O) groups is 2. The van der Waals surface area contributed by atoms with Crippen molar-refractivity contribution < 1.29 is 23.5 Å². The lowest BCUT2D eigenvalue weighted by Gasteiger charge is -2.27. The van der Waals surface area contributed by atoms with Crippen molar-refractivity contribution >= 4 is 11.9 Å². The highest BCUT2D eigenvalue weighted by Gasteiger charge is 2.37. The van der Waals surface area contributed by atoms with E-state index in [4.69, 9.17) is 5.11 Å². The summed E-state index contributed by atoms with van der Waals surface area (Å²) in [4.78, 5) is 22.6. The van der Waals surface area contributed by atoms with Crippen LogP contribution in [0.3, 0.4) is 0 Å². The summed E-state index contributed by atoms with van der Waals surface area (Å²) < 4.78 is 26.1. The summed E-state index contributed by atoms with van der Waals surface area (Å²) in [5, 5.41) is 11.6. The Kier molecular flexibility index (Phi) is 5.11. The summed E-state index contributed by atoms with van der Waals surface area (Å²) in [6.07, 6.45) is 0.594. The number of nitrogens with one attached hydrogen (secondary N) is 1. The van der Waals surface area contributed by atoms with E-state index in [0.29, 0.717) is 13.0 Å². The Hall–Kier alpha value is -1.98. The number of aromatic carboxylic acids is 1. The summed E-state index contributed by atoms with van der Waals surface area (Å²) in [6, 6.07) is 6.44. The van der Waals surface area contributed by atoms with Crippen LogP contribution in [0.15, 0.2) is 24.3 Å². The van der Waals surface area contributed by atoms with E-state index >= 15 is 0 Å². The fraction of sp³-hybridized carbons (Fsp3) is 0.500. The third-order valence-corrected chi connectivity index (χ3v) is 4.00. The van der Waals surface area contributed by atoms with E-state index in [1.54, 1.807) is 12.1 Å². The van der Waals surface area contributed by atoms with E-state index in [2.05, 4.69) is 5.32 Å². The molecular weight excluding hydrogens is 292 g/mol. The number of amides is 1. The number of carboxylic acid groups (broad SMARTS) is 1. The van der Waals surface area contributed by atoms with Gasteiger partial charge in [-0.3, -0.25) is 4.79 Å². The molecule has 0 heterocycles. The molecule has 1 amide bonds. The molecule has 1 aromatic carbocycles. The van der Waals surface area contributed by atoms with Gasteiger partial charge in [-0.1, -0.05) is 12.1 Å². The summed E-state index contributed by atoms with van der Waals surface area (Å²) in [7, 11) is 0. The van der Waals surface area contributed by atoms with Crippen molar-refractivity contribution in [1.82, 2.24) is 5.32 Å². The van der Waals surface area contributed by atoms with Gasteiger partial charge in [-0.25, -0.2) is 13.6 Å². The lowest BCUT2D eigenvalue weighted by Crippen LogP contribution is -2.36. The molecule has 120 valence electrons. The van der Waals surface area contributed by atoms with Gasteiger partial charge in [0.05, 0.1) is 5.56 Å². The number of hydrogen-bond donors (Lipinski definition) is 2. The van der Waals surface area contributed by atoms with Crippen molar-refractivity contribution in [3.63, 3.8) is 0 Å². The molecule has 0 radical (unpaired) electrons. The van der Waals surface area contributed by atoms with Crippen LogP contribution in [-0.2, 0) is 11.2 Å². The standard InChI is InChI=1S/C16H19F2NO3/c17-16(18)8-5-12(6-9-16)14(20)19-10-7-11-1-3-13(4-2-11)15(21)22/h1-4,12H,5-10H2,(H,19,20)(H,21,22). The first-order valence-corrected chi connectivity index (χ1v) is 7.35. The normalized spacial score (nSPS) is 17.9. The van der Waals surface area contributed by atoms with E-state index in [1.165, 1.54) is 12.1 Å². The predicted molar refractivity (Wildman–Crippen MR) is 77.0 cm³/mol. The van der Waals surface area contributed by atoms with Gasteiger partial charge in [0, 0.05) is 25.3 Å². The number of carboxylic acids is 1. The molecule has 0 bridgehead atoms. The number of halogens is 2. The van der Waals surface area contributed by atoms with Crippen LogP contribution < -0.4 is 5.32 Å². The van der Waals surface area contributed by atoms with E-state index in [0.717, 1.165) is 5.56 Å². The predicted octanol–water partition coefficient (Wildman–Crippen LogP) is 2.87. The Morgan fingerprint density at radius 3 is 2.32 bits per heavy atom. The zero-order valence-corrected chi connectivity index (χ0v) is 12.1. The minimum atomic E-state index is -2.62. The van der Waals surface area contributed by atoms with Crippen LogP contribution >= 0.6 is 0 Å². The average molecular weight is 311 g/mol. The van der Waals surface area contributed by atoms with Gasteiger partial charge in [-0.2, -0.15) is 0 Å². The van der Waals surface area contributed by atoms with Crippen LogP contribution in [0.5, 0.6) is 0 Å².